The number of likely N-dealkylation sites (N-methyl/N-ethyl adjacent to an activating group) is 1. The summed E-state index contributed by atoms with van der Waals surface area (Å²) in [5, 5.41) is 9.08. The minimum Gasteiger partial charge on any atom is -0.478 e. The quantitative estimate of drug-likeness (QED) is 0.893. The lowest BCUT2D eigenvalue weighted by molar-refractivity contribution is 0.0696. The molecule has 1 aromatic carbocycles. The zero-order valence-electron chi connectivity index (χ0n) is 10.2. The maximum Gasteiger partial charge on any atom is 0.337 e. The average molecular weight is 253 g/mol. The van der Waals surface area contributed by atoms with Gasteiger partial charge in [-0.1, -0.05) is 0 Å². The van der Waals surface area contributed by atoms with E-state index in [1.54, 1.807) is 11.9 Å². The summed E-state index contributed by atoms with van der Waals surface area (Å²) in [6, 6.07) is 3.81. The number of rotatable bonds is 4. The molecule has 0 saturated carbocycles. The second-order valence-corrected chi connectivity index (χ2v) is 4.48. The van der Waals surface area contributed by atoms with Gasteiger partial charge >= 0.3 is 5.97 Å². The summed E-state index contributed by atoms with van der Waals surface area (Å²) in [4.78, 5) is 12.9. The van der Waals surface area contributed by atoms with E-state index in [2.05, 4.69) is 0 Å². The monoisotopic (exact) mass is 253 g/mol. The number of carbonyl (C=O) groups is 1. The van der Waals surface area contributed by atoms with E-state index in [9.17, 15) is 9.18 Å². The van der Waals surface area contributed by atoms with Gasteiger partial charge in [0.1, 0.15) is 5.82 Å². The number of ether oxygens (including phenoxy) is 1. The van der Waals surface area contributed by atoms with Crippen molar-refractivity contribution < 1.29 is 19.0 Å². The molecule has 1 atom stereocenters. The van der Waals surface area contributed by atoms with Gasteiger partial charge in [-0.05, 0) is 31.0 Å². The first kappa shape index (κ1) is 12.8. The number of hydrogen-bond acceptors (Lipinski definition) is 3. The van der Waals surface area contributed by atoms with Gasteiger partial charge in [-0.3, -0.25) is 0 Å². The second kappa shape index (κ2) is 5.35. The molecule has 1 saturated heterocycles. The lowest BCUT2D eigenvalue weighted by Gasteiger charge is -2.24. The predicted molar refractivity (Wildman–Crippen MR) is 65.6 cm³/mol. The summed E-state index contributed by atoms with van der Waals surface area (Å²) in [5.41, 5.74) is 0.495. The fourth-order valence-corrected chi connectivity index (χ4v) is 2.20. The van der Waals surface area contributed by atoms with E-state index in [4.69, 9.17) is 9.84 Å². The summed E-state index contributed by atoms with van der Waals surface area (Å²) in [5.74, 6) is -1.66. The van der Waals surface area contributed by atoms with Gasteiger partial charge in [0.2, 0.25) is 0 Å². The fraction of sp³-hybridized carbons (Fsp3) is 0.462. The molecule has 0 bridgehead atoms. The van der Waals surface area contributed by atoms with Crippen molar-refractivity contribution in [2.45, 2.75) is 18.9 Å². The number of benzene rings is 1. The molecule has 98 valence electrons. The van der Waals surface area contributed by atoms with Crippen molar-refractivity contribution in [3.8, 4) is 0 Å². The SMILES string of the molecule is CN(CC1CCCO1)c1ccc(F)cc1C(=O)O. The Morgan fingerprint density at radius 3 is 3.00 bits per heavy atom. The van der Waals surface area contributed by atoms with Crippen LogP contribution in [0, 0.1) is 5.82 Å². The summed E-state index contributed by atoms with van der Waals surface area (Å²) in [6.45, 7) is 1.37. The molecule has 2 rings (SSSR count). The van der Waals surface area contributed by atoms with Crippen molar-refractivity contribution >= 4 is 11.7 Å². The van der Waals surface area contributed by atoms with Gasteiger partial charge in [0.05, 0.1) is 17.4 Å². The number of carboxylic acid groups (broad SMARTS) is 1. The molecule has 0 aliphatic carbocycles. The van der Waals surface area contributed by atoms with Crippen molar-refractivity contribution in [1.29, 1.82) is 0 Å². The topological polar surface area (TPSA) is 49.8 Å². The van der Waals surface area contributed by atoms with Crippen molar-refractivity contribution in [2.24, 2.45) is 0 Å². The Hall–Kier alpha value is -1.62. The Kier molecular flexibility index (Phi) is 3.81. The molecule has 0 radical (unpaired) electrons. The van der Waals surface area contributed by atoms with Crippen LogP contribution in [0.15, 0.2) is 18.2 Å². The standard InChI is InChI=1S/C13H16FNO3/c1-15(8-10-3-2-6-18-10)12-5-4-9(14)7-11(12)13(16)17/h4-5,7,10H,2-3,6,8H2,1H3,(H,16,17). The molecule has 5 heteroatoms. The van der Waals surface area contributed by atoms with Gasteiger partial charge in [-0.25, -0.2) is 9.18 Å². The predicted octanol–water partition coefficient (Wildman–Crippen LogP) is 2.14. The minimum absolute atomic E-state index is 0.0181. The second-order valence-electron chi connectivity index (χ2n) is 4.48. The fourth-order valence-electron chi connectivity index (χ4n) is 2.20. The highest BCUT2D eigenvalue weighted by Crippen LogP contribution is 2.23. The van der Waals surface area contributed by atoms with E-state index in [-0.39, 0.29) is 11.7 Å². The normalized spacial score (nSPS) is 18.9. The number of halogens is 1. The Labute approximate surface area is 105 Å². The summed E-state index contributed by atoms with van der Waals surface area (Å²) < 4.78 is 18.6. The van der Waals surface area contributed by atoms with E-state index in [1.165, 1.54) is 12.1 Å². The van der Waals surface area contributed by atoms with Crippen LogP contribution in [-0.4, -0.2) is 37.4 Å². The zero-order chi connectivity index (χ0) is 13.1. The zero-order valence-corrected chi connectivity index (χ0v) is 10.2. The molecule has 18 heavy (non-hydrogen) atoms. The lowest BCUT2D eigenvalue weighted by atomic mass is 10.1. The van der Waals surface area contributed by atoms with Gasteiger partial charge in [0, 0.05) is 20.2 Å². The molecule has 1 unspecified atom stereocenters. The van der Waals surface area contributed by atoms with E-state index in [0.29, 0.717) is 12.2 Å². The van der Waals surface area contributed by atoms with E-state index >= 15 is 0 Å². The first-order chi connectivity index (χ1) is 8.58. The number of aromatic carboxylic acids is 1. The van der Waals surface area contributed by atoms with Gasteiger partial charge in [-0.15, -0.1) is 0 Å². The van der Waals surface area contributed by atoms with Crippen LogP contribution in [0.4, 0.5) is 10.1 Å². The van der Waals surface area contributed by atoms with Crippen LogP contribution in [0.3, 0.4) is 0 Å². The Bertz CT molecular complexity index is 444. The first-order valence-electron chi connectivity index (χ1n) is 5.93. The summed E-state index contributed by atoms with van der Waals surface area (Å²) >= 11 is 0. The van der Waals surface area contributed by atoms with Crippen molar-refractivity contribution in [3.05, 3.63) is 29.6 Å². The maximum atomic E-state index is 13.1. The highest BCUT2D eigenvalue weighted by atomic mass is 19.1. The van der Waals surface area contributed by atoms with Crippen LogP contribution in [0.5, 0.6) is 0 Å². The minimum atomic E-state index is -1.12. The van der Waals surface area contributed by atoms with Crippen molar-refractivity contribution in [2.75, 3.05) is 25.1 Å². The maximum absolute atomic E-state index is 13.1. The summed E-state index contributed by atoms with van der Waals surface area (Å²) in [6.07, 6.45) is 2.14. The molecule has 0 amide bonds. The third-order valence-corrected chi connectivity index (χ3v) is 3.10. The van der Waals surface area contributed by atoms with Gasteiger partial charge in [0.15, 0.2) is 0 Å². The Morgan fingerprint density at radius 2 is 2.39 bits per heavy atom. The van der Waals surface area contributed by atoms with Crippen molar-refractivity contribution in [3.63, 3.8) is 0 Å². The van der Waals surface area contributed by atoms with E-state index in [1.807, 2.05) is 0 Å². The molecule has 1 aliphatic rings. The first-order valence-corrected chi connectivity index (χ1v) is 5.93. The average Bonchev–Trinajstić information content (AvgIpc) is 2.81. The molecule has 1 N–H and O–H groups in total. The molecule has 1 heterocycles. The number of nitrogens with zero attached hydrogens (tertiary/aromatic N) is 1. The van der Waals surface area contributed by atoms with Crippen LogP contribution >= 0.6 is 0 Å². The molecule has 0 aromatic heterocycles. The molecule has 1 fully saturated rings. The molecule has 4 nitrogen and oxygen atoms in total. The van der Waals surface area contributed by atoms with Crippen LogP contribution in [-0.2, 0) is 4.74 Å². The summed E-state index contributed by atoms with van der Waals surface area (Å²) in [7, 11) is 1.79. The highest BCUT2D eigenvalue weighted by Gasteiger charge is 2.20. The van der Waals surface area contributed by atoms with Crippen LogP contribution < -0.4 is 4.90 Å². The third-order valence-electron chi connectivity index (χ3n) is 3.10. The molecule has 0 spiro atoms. The third kappa shape index (κ3) is 2.79. The van der Waals surface area contributed by atoms with Gasteiger partial charge in [0.25, 0.3) is 0 Å². The van der Waals surface area contributed by atoms with Crippen LogP contribution in [0.2, 0.25) is 0 Å². The van der Waals surface area contributed by atoms with E-state index < -0.39 is 11.8 Å². The molecule has 1 aliphatic heterocycles. The Balaban J connectivity index is 2.17. The molecular weight excluding hydrogens is 237 g/mol. The molecular formula is C13H16FNO3. The van der Waals surface area contributed by atoms with Crippen LogP contribution in [0.25, 0.3) is 0 Å². The Morgan fingerprint density at radius 1 is 1.61 bits per heavy atom. The number of carboxylic acids is 1. The highest BCUT2D eigenvalue weighted by molar-refractivity contribution is 5.94. The lowest BCUT2D eigenvalue weighted by Crippen LogP contribution is -2.29. The van der Waals surface area contributed by atoms with Gasteiger partial charge in [-0.2, -0.15) is 0 Å². The largest absolute Gasteiger partial charge is 0.478 e. The number of anilines is 1. The number of hydrogen-bond donors (Lipinski definition) is 1. The van der Waals surface area contributed by atoms with Gasteiger partial charge < -0.3 is 14.7 Å². The van der Waals surface area contributed by atoms with Crippen LogP contribution in [0.1, 0.15) is 23.2 Å². The molecule has 1 aromatic rings. The smallest absolute Gasteiger partial charge is 0.337 e. The van der Waals surface area contributed by atoms with Crippen molar-refractivity contribution in [1.82, 2.24) is 0 Å². The van der Waals surface area contributed by atoms with E-state index in [0.717, 1.165) is 25.5 Å².